The number of carbonyl (C=O) groups excluding carboxylic acids is 1. The van der Waals surface area contributed by atoms with E-state index in [1.165, 1.54) is 11.3 Å². The number of nitrogens with one attached hydrogen (secondary N) is 1. The maximum atomic E-state index is 11.7. The molecular weight excluding hydrogens is 288 g/mol. The second kappa shape index (κ2) is 6.27. The topological polar surface area (TPSA) is 80.9 Å². The summed E-state index contributed by atoms with van der Waals surface area (Å²) >= 11 is 1.38. The summed E-state index contributed by atoms with van der Waals surface area (Å²) < 4.78 is 5.15. The van der Waals surface area contributed by atoms with Crippen LogP contribution in [0.2, 0.25) is 0 Å². The van der Waals surface area contributed by atoms with Crippen LogP contribution in [0.3, 0.4) is 0 Å². The average Bonchev–Trinajstić information content (AvgIpc) is 3.17. The van der Waals surface area contributed by atoms with Gasteiger partial charge in [-0.2, -0.15) is 4.98 Å². The SMILES string of the molecule is O=C(CCc1nc(-c2ccccc2)no1)Nc1nccs1. The van der Waals surface area contributed by atoms with Crippen molar-refractivity contribution in [3.8, 4) is 11.4 Å². The maximum absolute atomic E-state index is 11.7. The second-order valence-corrected chi connectivity index (χ2v) is 5.16. The largest absolute Gasteiger partial charge is 0.339 e. The van der Waals surface area contributed by atoms with E-state index in [4.69, 9.17) is 4.52 Å². The van der Waals surface area contributed by atoms with Gasteiger partial charge in [0.15, 0.2) is 5.13 Å². The zero-order valence-electron chi connectivity index (χ0n) is 11.0. The summed E-state index contributed by atoms with van der Waals surface area (Å²) in [5.41, 5.74) is 0.889. The molecule has 1 aromatic carbocycles. The minimum absolute atomic E-state index is 0.121. The highest BCUT2D eigenvalue weighted by molar-refractivity contribution is 7.13. The summed E-state index contributed by atoms with van der Waals surface area (Å²) in [6.07, 6.45) is 2.32. The van der Waals surface area contributed by atoms with Crippen molar-refractivity contribution < 1.29 is 9.32 Å². The summed E-state index contributed by atoms with van der Waals surface area (Å²) in [6, 6.07) is 9.56. The second-order valence-electron chi connectivity index (χ2n) is 4.26. The van der Waals surface area contributed by atoms with Crippen LogP contribution >= 0.6 is 11.3 Å². The molecule has 0 atom stereocenters. The molecule has 0 saturated heterocycles. The lowest BCUT2D eigenvalue weighted by atomic mass is 10.2. The molecular formula is C14H12N4O2S. The normalized spacial score (nSPS) is 10.5. The zero-order valence-corrected chi connectivity index (χ0v) is 11.8. The van der Waals surface area contributed by atoms with E-state index in [9.17, 15) is 4.79 Å². The first kappa shape index (κ1) is 13.4. The molecule has 0 radical (unpaired) electrons. The first-order valence-corrected chi connectivity index (χ1v) is 7.26. The van der Waals surface area contributed by atoms with E-state index in [2.05, 4.69) is 20.4 Å². The van der Waals surface area contributed by atoms with Crippen molar-refractivity contribution in [1.82, 2.24) is 15.1 Å². The molecule has 0 unspecified atom stereocenters. The molecule has 21 heavy (non-hydrogen) atoms. The molecule has 2 aromatic heterocycles. The van der Waals surface area contributed by atoms with E-state index in [0.29, 0.717) is 23.3 Å². The fourth-order valence-electron chi connectivity index (χ4n) is 1.75. The summed E-state index contributed by atoms with van der Waals surface area (Å²) in [6.45, 7) is 0. The monoisotopic (exact) mass is 300 g/mol. The predicted molar refractivity (Wildman–Crippen MR) is 78.8 cm³/mol. The first-order chi connectivity index (χ1) is 10.3. The minimum Gasteiger partial charge on any atom is -0.339 e. The van der Waals surface area contributed by atoms with Crippen LogP contribution in [0.1, 0.15) is 12.3 Å². The molecule has 0 saturated carbocycles. The van der Waals surface area contributed by atoms with Crippen LogP contribution in [-0.2, 0) is 11.2 Å². The highest BCUT2D eigenvalue weighted by Gasteiger charge is 2.11. The number of hydrogen-bond donors (Lipinski definition) is 1. The van der Waals surface area contributed by atoms with Gasteiger partial charge in [-0.15, -0.1) is 11.3 Å². The smallest absolute Gasteiger partial charge is 0.227 e. The number of nitrogens with zero attached hydrogens (tertiary/aromatic N) is 3. The summed E-state index contributed by atoms with van der Waals surface area (Å²) in [5, 5.41) is 9.02. The average molecular weight is 300 g/mol. The zero-order chi connectivity index (χ0) is 14.5. The van der Waals surface area contributed by atoms with Crippen LogP contribution < -0.4 is 5.32 Å². The van der Waals surface area contributed by atoms with Crippen molar-refractivity contribution in [2.24, 2.45) is 0 Å². The third-order valence-electron chi connectivity index (χ3n) is 2.74. The van der Waals surface area contributed by atoms with Gasteiger partial charge in [-0.25, -0.2) is 4.98 Å². The van der Waals surface area contributed by atoms with Gasteiger partial charge in [-0.05, 0) is 0 Å². The highest BCUT2D eigenvalue weighted by atomic mass is 32.1. The predicted octanol–water partition coefficient (Wildman–Crippen LogP) is 2.76. The Morgan fingerprint density at radius 1 is 1.29 bits per heavy atom. The van der Waals surface area contributed by atoms with E-state index >= 15 is 0 Å². The van der Waals surface area contributed by atoms with Gasteiger partial charge in [0.2, 0.25) is 17.6 Å². The van der Waals surface area contributed by atoms with Crippen molar-refractivity contribution in [1.29, 1.82) is 0 Å². The Balaban J connectivity index is 1.56. The number of aryl methyl sites for hydroxylation is 1. The van der Waals surface area contributed by atoms with Crippen LogP contribution in [0.15, 0.2) is 46.4 Å². The number of thiazole rings is 1. The molecule has 3 aromatic rings. The minimum atomic E-state index is -0.121. The Morgan fingerprint density at radius 3 is 2.90 bits per heavy atom. The number of rotatable bonds is 5. The number of aromatic nitrogens is 3. The summed E-state index contributed by atoms with van der Waals surface area (Å²) in [5.74, 6) is 0.860. The van der Waals surface area contributed by atoms with Gasteiger partial charge in [-0.3, -0.25) is 4.79 Å². The van der Waals surface area contributed by atoms with Crippen molar-refractivity contribution in [2.45, 2.75) is 12.8 Å². The molecule has 1 amide bonds. The molecule has 106 valence electrons. The molecule has 0 aliphatic heterocycles. The maximum Gasteiger partial charge on any atom is 0.227 e. The van der Waals surface area contributed by atoms with Crippen LogP contribution in [0.4, 0.5) is 5.13 Å². The van der Waals surface area contributed by atoms with Gasteiger partial charge in [0, 0.05) is 30.0 Å². The lowest BCUT2D eigenvalue weighted by Gasteiger charge is -1.98. The van der Waals surface area contributed by atoms with Crippen LogP contribution in [0, 0.1) is 0 Å². The lowest BCUT2D eigenvalue weighted by Crippen LogP contribution is -2.12. The molecule has 2 heterocycles. The van der Waals surface area contributed by atoms with E-state index in [-0.39, 0.29) is 12.3 Å². The van der Waals surface area contributed by atoms with Gasteiger partial charge >= 0.3 is 0 Å². The van der Waals surface area contributed by atoms with Crippen molar-refractivity contribution in [3.63, 3.8) is 0 Å². The fraction of sp³-hybridized carbons (Fsp3) is 0.143. The Morgan fingerprint density at radius 2 is 2.14 bits per heavy atom. The third kappa shape index (κ3) is 3.51. The van der Waals surface area contributed by atoms with Gasteiger partial charge in [0.1, 0.15) is 0 Å². The molecule has 6 nitrogen and oxygen atoms in total. The Hall–Kier alpha value is -2.54. The standard InChI is InChI=1S/C14H12N4O2S/c19-11(16-14-15-8-9-21-14)6-7-12-17-13(18-20-12)10-4-2-1-3-5-10/h1-5,8-9H,6-7H2,(H,15,16,19). The van der Waals surface area contributed by atoms with Crippen molar-refractivity contribution in [3.05, 3.63) is 47.8 Å². The molecule has 0 aliphatic rings. The molecule has 1 N–H and O–H groups in total. The number of carbonyl (C=O) groups is 1. The molecule has 0 fully saturated rings. The first-order valence-electron chi connectivity index (χ1n) is 6.38. The fourth-order valence-corrected chi connectivity index (χ4v) is 2.29. The van der Waals surface area contributed by atoms with Gasteiger partial charge in [0.05, 0.1) is 0 Å². The molecule has 7 heteroatoms. The Bertz CT molecular complexity index is 710. The van der Waals surface area contributed by atoms with Crippen LogP contribution in [0.25, 0.3) is 11.4 Å². The van der Waals surface area contributed by atoms with E-state index in [1.54, 1.807) is 11.6 Å². The van der Waals surface area contributed by atoms with Gasteiger partial charge in [-0.1, -0.05) is 35.5 Å². The molecule has 3 rings (SSSR count). The lowest BCUT2D eigenvalue weighted by molar-refractivity contribution is -0.116. The third-order valence-corrected chi connectivity index (χ3v) is 3.43. The quantitative estimate of drug-likeness (QED) is 0.783. The van der Waals surface area contributed by atoms with Gasteiger partial charge < -0.3 is 9.84 Å². The summed E-state index contributed by atoms with van der Waals surface area (Å²) in [7, 11) is 0. The van der Waals surface area contributed by atoms with E-state index < -0.39 is 0 Å². The van der Waals surface area contributed by atoms with E-state index in [0.717, 1.165) is 5.56 Å². The highest BCUT2D eigenvalue weighted by Crippen LogP contribution is 2.16. The molecule has 0 aliphatic carbocycles. The Labute approximate surface area is 124 Å². The van der Waals surface area contributed by atoms with Gasteiger partial charge in [0.25, 0.3) is 0 Å². The number of hydrogen-bond acceptors (Lipinski definition) is 6. The number of anilines is 1. The van der Waals surface area contributed by atoms with E-state index in [1.807, 2.05) is 30.3 Å². The summed E-state index contributed by atoms with van der Waals surface area (Å²) in [4.78, 5) is 20.0. The number of amides is 1. The molecule has 0 bridgehead atoms. The molecule has 0 spiro atoms. The van der Waals surface area contributed by atoms with Crippen molar-refractivity contribution in [2.75, 3.05) is 5.32 Å². The van der Waals surface area contributed by atoms with Crippen LogP contribution in [-0.4, -0.2) is 21.0 Å². The Kier molecular flexibility index (Phi) is 4.02. The van der Waals surface area contributed by atoms with Crippen molar-refractivity contribution >= 4 is 22.4 Å². The van der Waals surface area contributed by atoms with Crippen LogP contribution in [0.5, 0.6) is 0 Å². The number of benzene rings is 1.